The Morgan fingerprint density at radius 3 is 2.48 bits per heavy atom. The zero-order valence-electron chi connectivity index (χ0n) is 15.9. The molecule has 0 aliphatic carbocycles. The quantitative estimate of drug-likeness (QED) is 0.845. The highest BCUT2D eigenvalue weighted by Gasteiger charge is 2.26. The lowest BCUT2D eigenvalue weighted by atomic mass is 10.1. The van der Waals surface area contributed by atoms with Crippen LogP contribution in [0, 0.1) is 6.92 Å². The molecule has 6 heteroatoms. The van der Waals surface area contributed by atoms with Gasteiger partial charge >= 0.3 is 0 Å². The van der Waals surface area contributed by atoms with Gasteiger partial charge in [0.05, 0.1) is 4.90 Å². The number of carbonyl (C=O) groups is 1. The van der Waals surface area contributed by atoms with Crippen LogP contribution in [0.3, 0.4) is 0 Å². The number of nitrogens with one attached hydrogen (secondary N) is 1. The third kappa shape index (κ3) is 4.22. The van der Waals surface area contributed by atoms with E-state index < -0.39 is 10.0 Å². The Morgan fingerprint density at radius 2 is 1.78 bits per heavy atom. The molecule has 0 spiro atoms. The van der Waals surface area contributed by atoms with Gasteiger partial charge in [0.2, 0.25) is 10.0 Å². The number of amides is 1. The molecule has 1 aliphatic rings. The fourth-order valence-corrected chi connectivity index (χ4v) is 5.00. The van der Waals surface area contributed by atoms with Gasteiger partial charge < -0.3 is 5.32 Å². The molecule has 0 atom stereocenters. The third-order valence-corrected chi connectivity index (χ3v) is 6.92. The largest absolute Gasteiger partial charge is 0.321 e. The average Bonchev–Trinajstić information content (AvgIpc) is 2.70. The van der Waals surface area contributed by atoms with Crippen LogP contribution < -0.4 is 5.32 Å². The molecule has 1 amide bonds. The predicted molar refractivity (Wildman–Crippen MR) is 108 cm³/mol. The molecule has 2 aromatic carbocycles. The van der Waals surface area contributed by atoms with Crippen molar-refractivity contribution < 1.29 is 13.2 Å². The second-order valence-corrected chi connectivity index (χ2v) is 8.85. The number of hydrogen-bond acceptors (Lipinski definition) is 3. The maximum absolute atomic E-state index is 12.9. The third-order valence-electron chi connectivity index (χ3n) is 5.03. The summed E-state index contributed by atoms with van der Waals surface area (Å²) in [5.74, 6) is -0.297. The molecule has 1 aliphatic heterocycles. The minimum Gasteiger partial charge on any atom is -0.321 e. The van der Waals surface area contributed by atoms with Crippen molar-refractivity contribution in [2.24, 2.45) is 0 Å². The van der Waals surface area contributed by atoms with Crippen LogP contribution in [0.5, 0.6) is 0 Å². The molecule has 1 heterocycles. The molecule has 144 valence electrons. The first kappa shape index (κ1) is 19.6. The number of aryl methyl sites for hydroxylation is 2. The number of carbonyl (C=O) groups excluding carboxylic acids is 1. The van der Waals surface area contributed by atoms with Gasteiger partial charge in [0, 0.05) is 24.3 Å². The number of benzene rings is 2. The van der Waals surface area contributed by atoms with Gasteiger partial charge in [-0.2, -0.15) is 4.31 Å². The predicted octanol–water partition coefficient (Wildman–Crippen LogP) is 3.98. The van der Waals surface area contributed by atoms with E-state index in [1.54, 1.807) is 18.2 Å². The van der Waals surface area contributed by atoms with Crippen molar-refractivity contribution >= 4 is 21.6 Å². The fraction of sp³-hybridized carbons (Fsp3) is 0.381. The first-order valence-corrected chi connectivity index (χ1v) is 10.9. The first-order chi connectivity index (χ1) is 12.9. The van der Waals surface area contributed by atoms with E-state index in [0.717, 1.165) is 42.5 Å². The van der Waals surface area contributed by atoms with Gasteiger partial charge in [-0.05, 0) is 55.5 Å². The molecule has 1 N–H and O–H groups in total. The van der Waals surface area contributed by atoms with E-state index >= 15 is 0 Å². The van der Waals surface area contributed by atoms with Crippen molar-refractivity contribution in [2.45, 2.75) is 44.4 Å². The number of piperidine rings is 1. The molecule has 0 bridgehead atoms. The van der Waals surface area contributed by atoms with E-state index in [4.69, 9.17) is 0 Å². The van der Waals surface area contributed by atoms with Gasteiger partial charge in [0.15, 0.2) is 0 Å². The summed E-state index contributed by atoms with van der Waals surface area (Å²) in [7, 11) is -3.56. The van der Waals surface area contributed by atoms with Crippen molar-refractivity contribution in [1.29, 1.82) is 0 Å². The normalized spacial score (nSPS) is 15.5. The van der Waals surface area contributed by atoms with E-state index in [0.29, 0.717) is 18.7 Å². The lowest BCUT2D eigenvalue weighted by Crippen LogP contribution is -2.35. The van der Waals surface area contributed by atoms with Crippen molar-refractivity contribution in [2.75, 3.05) is 18.4 Å². The molecular weight excluding hydrogens is 360 g/mol. The van der Waals surface area contributed by atoms with Crippen LogP contribution in [0.15, 0.2) is 47.4 Å². The van der Waals surface area contributed by atoms with E-state index in [-0.39, 0.29) is 10.8 Å². The zero-order chi connectivity index (χ0) is 19.4. The fourth-order valence-electron chi connectivity index (χ4n) is 3.44. The van der Waals surface area contributed by atoms with Crippen molar-refractivity contribution in [3.63, 3.8) is 0 Å². The SMILES string of the molecule is CCc1cccc(C)c1NC(=O)c1cccc(S(=O)(=O)N2CCCCC2)c1. The highest BCUT2D eigenvalue weighted by Crippen LogP contribution is 2.24. The van der Waals surface area contributed by atoms with Gasteiger partial charge in [0.1, 0.15) is 0 Å². The lowest BCUT2D eigenvalue weighted by molar-refractivity contribution is 0.102. The summed E-state index contributed by atoms with van der Waals surface area (Å²) in [5, 5.41) is 2.96. The minimum atomic E-state index is -3.56. The van der Waals surface area contributed by atoms with Gasteiger partial charge in [-0.3, -0.25) is 4.79 Å². The summed E-state index contributed by atoms with van der Waals surface area (Å²) in [5.41, 5.74) is 3.19. The number of para-hydroxylation sites is 1. The Bertz CT molecular complexity index is 932. The molecule has 0 radical (unpaired) electrons. The van der Waals surface area contributed by atoms with Crippen LogP contribution >= 0.6 is 0 Å². The summed E-state index contributed by atoms with van der Waals surface area (Å²) in [6, 6.07) is 12.2. The summed E-state index contributed by atoms with van der Waals surface area (Å²) in [6.07, 6.45) is 3.63. The Morgan fingerprint density at radius 1 is 1.07 bits per heavy atom. The van der Waals surface area contributed by atoms with Gasteiger partial charge in [-0.15, -0.1) is 0 Å². The van der Waals surface area contributed by atoms with Crippen LogP contribution in [-0.2, 0) is 16.4 Å². The van der Waals surface area contributed by atoms with Crippen molar-refractivity contribution in [3.05, 3.63) is 59.2 Å². The Labute approximate surface area is 161 Å². The number of nitrogens with zero attached hydrogens (tertiary/aromatic N) is 1. The van der Waals surface area contributed by atoms with E-state index in [1.807, 2.05) is 32.0 Å². The van der Waals surface area contributed by atoms with Gasteiger partial charge in [0.25, 0.3) is 5.91 Å². The van der Waals surface area contributed by atoms with E-state index in [1.165, 1.54) is 10.4 Å². The maximum Gasteiger partial charge on any atom is 0.255 e. The van der Waals surface area contributed by atoms with Crippen molar-refractivity contribution in [1.82, 2.24) is 4.31 Å². The van der Waals surface area contributed by atoms with Crippen molar-refractivity contribution in [3.8, 4) is 0 Å². The Kier molecular flexibility index (Phi) is 5.97. The molecule has 0 aromatic heterocycles. The molecule has 2 aromatic rings. The van der Waals surface area contributed by atoms with Crippen LogP contribution in [0.4, 0.5) is 5.69 Å². The van der Waals surface area contributed by atoms with Crippen LogP contribution in [0.2, 0.25) is 0 Å². The molecule has 0 saturated carbocycles. The summed E-state index contributed by atoms with van der Waals surface area (Å²) < 4.78 is 27.3. The number of sulfonamides is 1. The van der Waals surface area contributed by atoms with E-state index in [2.05, 4.69) is 5.32 Å². The van der Waals surface area contributed by atoms with E-state index in [9.17, 15) is 13.2 Å². The second-order valence-electron chi connectivity index (χ2n) is 6.91. The Balaban J connectivity index is 1.86. The molecule has 1 fully saturated rings. The number of hydrogen-bond donors (Lipinski definition) is 1. The van der Waals surface area contributed by atoms with Crippen LogP contribution in [0.25, 0.3) is 0 Å². The maximum atomic E-state index is 12.9. The van der Waals surface area contributed by atoms with Crippen LogP contribution in [-0.4, -0.2) is 31.7 Å². The molecule has 1 saturated heterocycles. The standard InChI is InChI=1S/C21H26N2O3S/c1-3-17-10-7-9-16(2)20(17)22-21(24)18-11-8-12-19(15-18)27(25,26)23-13-5-4-6-14-23/h7-12,15H,3-6,13-14H2,1-2H3,(H,22,24). The number of anilines is 1. The lowest BCUT2D eigenvalue weighted by Gasteiger charge is -2.26. The highest BCUT2D eigenvalue weighted by atomic mass is 32.2. The molecular formula is C21H26N2O3S. The Hall–Kier alpha value is -2.18. The average molecular weight is 387 g/mol. The minimum absolute atomic E-state index is 0.178. The molecule has 3 rings (SSSR count). The van der Waals surface area contributed by atoms with Gasteiger partial charge in [-0.1, -0.05) is 37.6 Å². The first-order valence-electron chi connectivity index (χ1n) is 9.43. The second kappa shape index (κ2) is 8.23. The monoisotopic (exact) mass is 386 g/mol. The summed E-state index contributed by atoms with van der Waals surface area (Å²) >= 11 is 0. The number of rotatable bonds is 5. The molecule has 0 unspecified atom stereocenters. The topological polar surface area (TPSA) is 66.5 Å². The molecule has 27 heavy (non-hydrogen) atoms. The zero-order valence-corrected chi connectivity index (χ0v) is 16.7. The smallest absolute Gasteiger partial charge is 0.255 e. The molecule has 5 nitrogen and oxygen atoms in total. The summed E-state index contributed by atoms with van der Waals surface area (Å²) in [4.78, 5) is 12.9. The highest BCUT2D eigenvalue weighted by molar-refractivity contribution is 7.89. The van der Waals surface area contributed by atoms with Gasteiger partial charge in [-0.25, -0.2) is 8.42 Å². The summed E-state index contributed by atoms with van der Waals surface area (Å²) in [6.45, 7) is 5.08. The van der Waals surface area contributed by atoms with Crippen LogP contribution in [0.1, 0.15) is 47.7 Å².